The summed E-state index contributed by atoms with van der Waals surface area (Å²) in [5.41, 5.74) is 1.54. The molecule has 4 rings (SSSR count). The van der Waals surface area contributed by atoms with Crippen LogP contribution in [0.25, 0.3) is 0 Å². The maximum absolute atomic E-state index is 13.4. The third-order valence-corrected chi connectivity index (χ3v) is 6.62. The Morgan fingerprint density at radius 2 is 1.62 bits per heavy atom. The molecule has 0 amide bonds. The molecular formula is C28H30O9. The molecule has 196 valence electrons. The van der Waals surface area contributed by atoms with Gasteiger partial charge in [-0.2, -0.15) is 0 Å². The third kappa shape index (κ3) is 5.70. The average molecular weight is 511 g/mol. The summed E-state index contributed by atoms with van der Waals surface area (Å²) in [6.07, 6.45) is -2.71. The van der Waals surface area contributed by atoms with E-state index in [1.165, 1.54) is 55.6 Å². The molecule has 1 fully saturated rings. The van der Waals surface area contributed by atoms with E-state index >= 15 is 0 Å². The van der Waals surface area contributed by atoms with Gasteiger partial charge in [-0.3, -0.25) is 4.79 Å². The molecule has 1 aliphatic heterocycles. The molecule has 1 saturated heterocycles. The van der Waals surface area contributed by atoms with E-state index in [1.54, 1.807) is 18.2 Å². The predicted octanol–water partition coefficient (Wildman–Crippen LogP) is 2.76. The number of hydrogen-bond donors (Lipinski definition) is 5. The number of ether oxygens (including phenoxy) is 3. The number of rotatable bonds is 10. The molecular weight excluding hydrogens is 480 g/mol. The van der Waals surface area contributed by atoms with Gasteiger partial charge in [-0.05, 0) is 53.6 Å². The molecule has 1 aliphatic rings. The second kappa shape index (κ2) is 11.6. The highest BCUT2D eigenvalue weighted by Gasteiger charge is 2.42. The van der Waals surface area contributed by atoms with Crippen molar-refractivity contribution in [3.8, 4) is 23.0 Å². The number of phenolic OH excluding ortho intramolecular Hbond substituents is 2. The number of carbonyl (C=O) groups is 1. The predicted molar refractivity (Wildman–Crippen MR) is 133 cm³/mol. The van der Waals surface area contributed by atoms with E-state index < -0.39 is 36.8 Å². The summed E-state index contributed by atoms with van der Waals surface area (Å²) < 4.78 is 17.1. The topological polar surface area (TPSA) is 146 Å². The van der Waals surface area contributed by atoms with Crippen LogP contribution in [0.15, 0.2) is 66.7 Å². The lowest BCUT2D eigenvalue weighted by molar-refractivity contribution is -0.000438. The Morgan fingerprint density at radius 3 is 2.22 bits per heavy atom. The van der Waals surface area contributed by atoms with Crippen LogP contribution >= 0.6 is 0 Å². The Labute approximate surface area is 214 Å². The number of hydrogen-bond acceptors (Lipinski definition) is 9. The first-order chi connectivity index (χ1) is 17.9. The van der Waals surface area contributed by atoms with E-state index in [-0.39, 0.29) is 42.0 Å². The summed E-state index contributed by atoms with van der Waals surface area (Å²) in [4.78, 5) is 13.4. The van der Waals surface area contributed by atoms with Crippen LogP contribution in [-0.2, 0) is 4.74 Å². The maximum atomic E-state index is 13.4. The monoisotopic (exact) mass is 510 g/mol. The summed E-state index contributed by atoms with van der Waals surface area (Å²) in [7, 11) is 1.41. The average Bonchev–Trinajstić information content (AvgIpc) is 3.36. The van der Waals surface area contributed by atoms with E-state index in [9.17, 15) is 30.3 Å². The number of aromatic hydroxyl groups is 2. The molecule has 5 N–H and O–H groups in total. The third-order valence-electron chi connectivity index (χ3n) is 6.62. The van der Waals surface area contributed by atoms with Gasteiger partial charge in [0.1, 0.15) is 17.6 Å². The van der Waals surface area contributed by atoms with Crippen LogP contribution in [0, 0.1) is 11.8 Å². The molecule has 0 aromatic heterocycles. The number of benzene rings is 3. The Balaban J connectivity index is 1.51. The smallest absolute Gasteiger partial charge is 0.168 e. The van der Waals surface area contributed by atoms with Crippen LogP contribution in [0.5, 0.6) is 23.0 Å². The SMILES string of the molecule is COc1cc(C(=O)[C@@H]2CO[C@H](c3ccc(O)cc3)[C@H]2CO)ccc1O[C@H](CO)[C@@H](O)c1ccc(O)cc1. The molecule has 3 aromatic carbocycles. The number of Topliss-reactive ketones (excluding diaryl/α,β-unsaturated/α-hetero) is 1. The summed E-state index contributed by atoms with van der Waals surface area (Å²) in [5.74, 6) is -0.683. The van der Waals surface area contributed by atoms with Gasteiger partial charge in [0.15, 0.2) is 23.4 Å². The van der Waals surface area contributed by atoms with Crippen molar-refractivity contribution in [1.29, 1.82) is 0 Å². The van der Waals surface area contributed by atoms with Crippen LogP contribution in [-0.4, -0.2) is 64.4 Å². The fourth-order valence-corrected chi connectivity index (χ4v) is 4.55. The largest absolute Gasteiger partial charge is 0.508 e. The van der Waals surface area contributed by atoms with Crippen molar-refractivity contribution in [1.82, 2.24) is 0 Å². The van der Waals surface area contributed by atoms with Crippen LogP contribution in [0.2, 0.25) is 0 Å². The van der Waals surface area contributed by atoms with Crippen molar-refractivity contribution in [2.75, 3.05) is 26.9 Å². The lowest BCUT2D eigenvalue weighted by Gasteiger charge is -2.24. The van der Waals surface area contributed by atoms with Crippen LogP contribution in [0.4, 0.5) is 0 Å². The van der Waals surface area contributed by atoms with Crippen molar-refractivity contribution in [2.24, 2.45) is 11.8 Å². The molecule has 9 heteroatoms. The van der Waals surface area contributed by atoms with Gasteiger partial charge >= 0.3 is 0 Å². The molecule has 3 aromatic rings. The highest BCUT2D eigenvalue weighted by Crippen LogP contribution is 2.41. The Kier molecular flexibility index (Phi) is 8.30. The standard InChI is InChI=1S/C28H30O9/c1-35-24-12-18(6-11-23(24)37-25(14-30)27(34)16-2-7-19(31)8-3-16)26(33)22-15-36-28(21(22)13-29)17-4-9-20(32)10-5-17/h2-12,21-22,25,27-32,34H,13-15H2,1H3/t21-,22+,25+,27-,28+/m0/s1. The molecule has 37 heavy (non-hydrogen) atoms. The number of ketones is 1. The van der Waals surface area contributed by atoms with Crippen molar-refractivity contribution in [2.45, 2.75) is 18.3 Å². The highest BCUT2D eigenvalue weighted by molar-refractivity contribution is 5.99. The van der Waals surface area contributed by atoms with Gasteiger partial charge in [-0.15, -0.1) is 0 Å². The van der Waals surface area contributed by atoms with Crippen molar-refractivity contribution in [3.05, 3.63) is 83.4 Å². The molecule has 5 atom stereocenters. The van der Waals surface area contributed by atoms with E-state index in [0.29, 0.717) is 11.1 Å². The molecule has 0 saturated carbocycles. The van der Waals surface area contributed by atoms with E-state index in [2.05, 4.69) is 0 Å². The number of aliphatic hydroxyl groups excluding tert-OH is 3. The second-order valence-electron chi connectivity index (χ2n) is 8.90. The van der Waals surface area contributed by atoms with Gasteiger partial charge < -0.3 is 39.7 Å². The zero-order valence-corrected chi connectivity index (χ0v) is 20.2. The van der Waals surface area contributed by atoms with E-state index in [4.69, 9.17) is 14.2 Å². The van der Waals surface area contributed by atoms with Gasteiger partial charge in [0.2, 0.25) is 0 Å². The summed E-state index contributed by atoms with van der Waals surface area (Å²) >= 11 is 0. The minimum Gasteiger partial charge on any atom is -0.508 e. The molecule has 1 heterocycles. The van der Waals surface area contributed by atoms with Gasteiger partial charge in [-0.1, -0.05) is 24.3 Å². The quantitative estimate of drug-likeness (QED) is 0.260. The molecule has 9 nitrogen and oxygen atoms in total. The zero-order chi connectivity index (χ0) is 26.5. The number of phenols is 2. The van der Waals surface area contributed by atoms with Crippen molar-refractivity contribution >= 4 is 5.78 Å². The van der Waals surface area contributed by atoms with Crippen LogP contribution < -0.4 is 9.47 Å². The Bertz CT molecular complexity index is 1190. The maximum Gasteiger partial charge on any atom is 0.168 e. The zero-order valence-electron chi connectivity index (χ0n) is 20.2. The number of methoxy groups -OCH3 is 1. The first-order valence-electron chi connectivity index (χ1n) is 11.8. The van der Waals surface area contributed by atoms with Gasteiger partial charge in [0.25, 0.3) is 0 Å². The first-order valence-corrected chi connectivity index (χ1v) is 11.8. The van der Waals surface area contributed by atoms with E-state index in [0.717, 1.165) is 5.56 Å². The lowest BCUT2D eigenvalue weighted by Crippen LogP contribution is -2.29. The van der Waals surface area contributed by atoms with Gasteiger partial charge in [0, 0.05) is 18.1 Å². The fraction of sp³-hybridized carbons (Fsp3) is 0.321. The van der Waals surface area contributed by atoms with Crippen LogP contribution in [0.1, 0.15) is 33.7 Å². The molecule has 0 unspecified atom stereocenters. The minimum absolute atomic E-state index is 0.0461. The van der Waals surface area contributed by atoms with Crippen molar-refractivity contribution in [3.63, 3.8) is 0 Å². The molecule has 0 aliphatic carbocycles. The van der Waals surface area contributed by atoms with Gasteiger partial charge in [0.05, 0.1) is 32.3 Å². The summed E-state index contributed by atoms with van der Waals surface area (Å²) in [6, 6.07) is 17.0. The minimum atomic E-state index is -1.19. The summed E-state index contributed by atoms with van der Waals surface area (Å²) in [5, 5.41) is 49.6. The Morgan fingerprint density at radius 1 is 0.973 bits per heavy atom. The van der Waals surface area contributed by atoms with Gasteiger partial charge in [-0.25, -0.2) is 0 Å². The number of carbonyl (C=O) groups excluding carboxylic acids is 1. The fourth-order valence-electron chi connectivity index (χ4n) is 4.55. The first kappa shape index (κ1) is 26.4. The molecule has 0 bridgehead atoms. The highest BCUT2D eigenvalue weighted by atomic mass is 16.5. The van der Waals surface area contributed by atoms with Crippen LogP contribution in [0.3, 0.4) is 0 Å². The number of aliphatic hydroxyl groups is 3. The molecule has 0 spiro atoms. The lowest BCUT2D eigenvalue weighted by atomic mass is 9.83. The second-order valence-corrected chi connectivity index (χ2v) is 8.90. The molecule has 0 radical (unpaired) electrons. The van der Waals surface area contributed by atoms with E-state index in [1.807, 2.05) is 0 Å². The normalized spacial score (nSPS) is 20.8. The Hall–Kier alpha value is -3.63. The summed E-state index contributed by atoms with van der Waals surface area (Å²) in [6.45, 7) is -0.628. The van der Waals surface area contributed by atoms with Crippen molar-refractivity contribution < 1.29 is 44.5 Å².